The third kappa shape index (κ3) is 4.26. The molecule has 0 N–H and O–H groups in total. The maximum absolute atomic E-state index is 12.1. The summed E-state index contributed by atoms with van der Waals surface area (Å²) in [6.45, 7) is 0. The highest BCUT2D eigenvalue weighted by molar-refractivity contribution is 7.97. The van der Waals surface area contributed by atoms with E-state index in [2.05, 4.69) is 4.99 Å². The molecular formula is C15H13NO2S. The maximum Gasteiger partial charge on any atom is 0.170 e. The van der Waals surface area contributed by atoms with Gasteiger partial charge in [0.05, 0.1) is 17.6 Å². The Kier molecular flexibility index (Phi) is 5.19. The second-order valence-electron chi connectivity index (χ2n) is 3.70. The van der Waals surface area contributed by atoms with E-state index in [9.17, 15) is 4.79 Å². The fraction of sp³-hybridized carbons (Fsp3) is 0.0667. The number of hydrogen-bond donors (Lipinski definition) is 0. The summed E-state index contributed by atoms with van der Waals surface area (Å²) < 4.78 is 5.50. The average molecular weight is 271 g/mol. The van der Waals surface area contributed by atoms with Gasteiger partial charge in [-0.05, 0) is 18.2 Å². The maximum atomic E-state index is 12.1. The van der Waals surface area contributed by atoms with E-state index in [1.54, 1.807) is 36.0 Å². The average Bonchev–Trinajstić information content (AvgIpc) is 2.44. The summed E-state index contributed by atoms with van der Waals surface area (Å²) in [5.41, 5.74) is 0.595. The second-order valence-corrected chi connectivity index (χ2v) is 4.33. The molecule has 2 rings (SSSR count). The predicted octanol–water partition coefficient (Wildman–Crippen LogP) is 3.95. The van der Waals surface area contributed by atoms with Gasteiger partial charge in [-0.1, -0.05) is 30.4 Å². The number of allylic oxidation sites excluding steroid dienone is 4. The number of ketones is 1. The van der Waals surface area contributed by atoms with Crippen molar-refractivity contribution in [2.24, 2.45) is 4.99 Å². The zero-order valence-electron chi connectivity index (χ0n) is 10.2. The molecule has 1 aromatic rings. The van der Waals surface area contributed by atoms with E-state index in [1.807, 2.05) is 30.4 Å². The first-order chi connectivity index (χ1) is 9.38. The van der Waals surface area contributed by atoms with Crippen molar-refractivity contribution in [1.82, 2.24) is 0 Å². The van der Waals surface area contributed by atoms with Gasteiger partial charge in [-0.15, -0.1) is 0 Å². The Morgan fingerprint density at radius 1 is 1.16 bits per heavy atom. The Bertz CT molecular complexity index is 559. The Morgan fingerprint density at radius 2 is 2.05 bits per heavy atom. The summed E-state index contributed by atoms with van der Waals surface area (Å²) in [5.74, 6) is 0.614. The summed E-state index contributed by atoms with van der Waals surface area (Å²) in [4.78, 5) is 16.1. The summed E-state index contributed by atoms with van der Waals surface area (Å²) >= 11 is 1.14. The van der Waals surface area contributed by atoms with Gasteiger partial charge in [0, 0.05) is 24.2 Å². The largest absolute Gasteiger partial charge is 0.420 e. The van der Waals surface area contributed by atoms with Crippen molar-refractivity contribution < 1.29 is 8.98 Å². The molecule has 0 aromatic heterocycles. The van der Waals surface area contributed by atoms with Gasteiger partial charge >= 0.3 is 0 Å². The van der Waals surface area contributed by atoms with E-state index in [0.29, 0.717) is 17.7 Å². The van der Waals surface area contributed by atoms with Crippen LogP contribution in [0.4, 0.5) is 0 Å². The summed E-state index contributed by atoms with van der Waals surface area (Å²) in [6, 6.07) is 7.23. The minimum Gasteiger partial charge on any atom is -0.420 e. The molecule has 0 saturated heterocycles. The van der Waals surface area contributed by atoms with Crippen LogP contribution in [0.2, 0.25) is 0 Å². The molecule has 0 amide bonds. The lowest BCUT2D eigenvalue weighted by Gasteiger charge is -2.06. The minimum absolute atomic E-state index is 0.0376. The van der Waals surface area contributed by atoms with E-state index in [0.717, 1.165) is 12.0 Å². The molecule has 1 aliphatic heterocycles. The van der Waals surface area contributed by atoms with Gasteiger partial charge in [-0.25, -0.2) is 0 Å². The van der Waals surface area contributed by atoms with Gasteiger partial charge in [0.1, 0.15) is 5.75 Å². The van der Waals surface area contributed by atoms with Crippen molar-refractivity contribution in [2.45, 2.75) is 6.42 Å². The highest BCUT2D eigenvalue weighted by Crippen LogP contribution is 2.24. The number of benzene rings is 1. The molecule has 0 radical (unpaired) electrons. The minimum atomic E-state index is 0.0376. The predicted molar refractivity (Wildman–Crippen MR) is 79.5 cm³/mol. The number of fused-ring (bicyclic) bond motifs is 1. The first-order valence-electron chi connectivity index (χ1n) is 5.83. The van der Waals surface area contributed by atoms with Crippen molar-refractivity contribution in [3.05, 3.63) is 65.7 Å². The lowest BCUT2D eigenvalue weighted by Crippen LogP contribution is -1.99. The van der Waals surface area contributed by atoms with Gasteiger partial charge in [-0.2, -0.15) is 0 Å². The Hall–Kier alpha value is -2.07. The van der Waals surface area contributed by atoms with E-state index in [1.165, 1.54) is 0 Å². The molecule has 0 saturated carbocycles. The molecule has 1 aromatic carbocycles. The topological polar surface area (TPSA) is 38.7 Å². The molecule has 4 heteroatoms. The van der Waals surface area contributed by atoms with E-state index in [4.69, 9.17) is 4.18 Å². The second kappa shape index (κ2) is 7.38. The number of hydrogen-bond acceptors (Lipinski definition) is 4. The van der Waals surface area contributed by atoms with Gasteiger partial charge in [-0.3, -0.25) is 9.79 Å². The van der Waals surface area contributed by atoms with Crippen LogP contribution in [0.3, 0.4) is 0 Å². The molecule has 1 heterocycles. The molecule has 96 valence electrons. The number of Topliss-reactive ketones (excluding diaryl/α,β-unsaturated/α-hetero) is 1. The fourth-order valence-electron chi connectivity index (χ4n) is 1.49. The van der Waals surface area contributed by atoms with Gasteiger partial charge < -0.3 is 4.18 Å². The first kappa shape index (κ1) is 13.4. The Balaban J connectivity index is 2.25. The highest BCUT2D eigenvalue weighted by Gasteiger charge is 2.10. The first-order valence-corrected chi connectivity index (χ1v) is 6.64. The van der Waals surface area contributed by atoms with Gasteiger partial charge in [0.15, 0.2) is 5.78 Å². The lowest BCUT2D eigenvalue weighted by molar-refractivity contribution is 0.0994. The van der Waals surface area contributed by atoms with Crippen LogP contribution < -0.4 is 4.18 Å². The van der Waals surface area contributed by atoms with Gasteiger partial charge in [0.25, 0.3) is 0 Å². The molecule has 0 atom stereocenters. The molecule has 1 aliphatic rings. The number of para-hydroxylation sites is 1. The molecule has 0 unspecified atom stereocenters. The Morgan fingerprint density at radius 3 is 3.00 bits per heavy atom. The fourth-order valence-corrected chi connectivity index (χ4v) is 1.91. The van der Waals surface area contributed by atoms with Crippen LogP contribution in [0.1, 0.15) is 16.8 Å². The van der Waals surface area contributed by atoms with Crippen molar-refractivity contribution in [2.75, 3.05) is 0 Å². The zero-order valence-corrected chi connectivity index (χ0v) is 11.0. The standard InChI is InChI=1S/C15H13NO2S/c17-14-8-3-1-2-6-10-16-11-12-19-18-15-9-5-4-7-13(14)15/h1-7,9-12H,8H2. The molecule has 19 heavy (non-hydrogen) atoms. The summed E-state index contributed by atoms with van der Waals surface area (Å²) in [6.07, 6.45) is 10.9. The van der Waals surface area contributed by atoms with Crippen molar-refractivity contribution in [1.29, 1.82) is 0 Å². The molecule has 0 spiro atoms. The van der Waals surface area contributed by atoms with Crippen LogP contribution in [0.25, 0.3) is 0 Å². The quantitative estimate of drug-likeness (QED) is 0.670. The van der Waals surface area contributed by atoms with Crippen molar-refractivity contribution in [3.8, 4) is 5.75 Å². The van der Waals surface area contributed by atoms with E-state index < -0.39 is 0 Å². The van der Waals surface area contributed by atoms with E-state index in [-0.39, 0.29) is 5.78 Å². The van der Waals surface area contributed by atoms with Crippen LogP contribution >= 0.6 is 12.0 Å². The van der Waals surface area contributed by atoms with Crippen LogP contribution in [-0.4, -0.2) is 12.0 Å². The van der Waals surface area contributed by atoms with Gasteiger partial charge in [0.2, 0.25) is 0 Å². The highest BCUT2D eigenvalue weighted by atomic mass is 32.2. The van der Waals surface area contributed by atoms with Crippen LogP contribution in [-0.2, 0) is 0 Å². The van der Waals surface area contributed by atoms with Crippen molar-refractivity contribution >= 4 is 24.0 Å². The number of carbonyl (C=O) groups is 1. The number of nitrogens with zero attached hydrogens (tertiary/aromatic N) is 1. The van der Waals surface area contributed by atoms with Crippen LogP contribution in [0.5, 0.6) is 5.75 Å². The molecule has 3 nitrogen and oxygen atoms in total. The van der Waals surface area contributed by atoms with Crippen LogP contribution in [0, 0.1) is 0 Å². The molecule has 0 fully saturated rings. The van der Waals surface area contributed by atoms with E-state index >= 15 is 0 Å². The van der Waals surface area contributed by atoms with Crippen LogP contribution in [0.15, 0.2) is 65.2 Å². The third-order valence-corrected chi connectivity index (χ3v) is 2.87. The summed E-state index contributed by atoms with van der Waals surface area (Å²) in [7, 11) is 0. The molecular weight excluding hydrogens is 258 g/mol. The normalized spacial score (nSPS) is 15.7. The SMILES string of the molecule is O=C1CC=CC=CC=NC=CSOc2ccccc21. The number of carbonyl (C=O) groups excluding carboxylic acids is 1. The smallest absolute Gasteiger partial charge is 0.170 e. The van der Waals surface area contributed by atoms with Crippen molar-refractivity contribution in [3.63, 3.8) is 0 Å². The zero-order chi connectivity index (χ0) is 13.3. The number of rotatable bonds is 0. The monoisotopic (exact) mass is 271 g/mol. The molecule has 0 aliphatic carbocycles. The lowest BCUT2D eigenvalue weighted by atomic mass is 10.1. The summed E-state index contributed by atoms with van der Waals surface area (Å²) in [5, 5.41) is 1.72. The molecule has 0 bridgehead atoms. The number of aliphatic imine (C=N–C) groups is 1. The Labute approximate surface area is 116 Å². The third-order valence-electron chi connectivity index (χ3n) is 2.36.